The average Bonchev–Trinajstić information content (AvgIpc) is 2.94. The van der Waals surface area contributed by atoms with Gasteiger partial charge >= 0.3 is 0 Å². The molecule has 3 rings (SSSR count). The number of carbonyl (C=O) groups is 1. The first-order chi connectivity index (χ1) is 10.2. The summed E-state index contributed by atoms with van der Waals surface area (Å²) in [6, 6.07) is 13.2. The van der Waals surface area contributed by atoms with Crippen molar-refractivity contribution in [3.05, 3.63) is 46.9 Å². The first-order valence-corrected chi connectivity index (χ1v) is 8.06. The summed E-state index contributed by atoms with van der Waals surface area (Å²) >= 11 is 4.88. The van der Waals surface area contributed by atoms with E-state index in [1.54, 1.807) is 18.2 Å². The number of halogens is 1. The van der Waals surface area contributed by atoms with Gasteiger partial charge in [-0.2, -0.15) is 0 Å². The number of hydrogen-bond donors (Lipinski definition) is 1. The molecule has 1 aliphatic rings. The van der Waals surface area contributed by atoms with Gasteiger partial charge < -0.3 is 14.8 Å². The van der Waals surface area contributed by atoms with Crippen molar-refractivity contribution in [3.8, 4) is 11.5 Å². The zero-order valence-corrected chi connectivity index (χ0v) is 13.4. The Balaban J connectivity index is 1.55. The summed E-state index contributed by atoms with van der Waals surface area (Å²) in [6.45, 7) is 0.228. The molecule has 4 nitrogen and oxygen atoms in total. The second-order valence-corrected chi connectivity index (χ2v) is 6.32. The molecule has 0 unspecified atom stereocenters. The standard InChI is InChI=1S/C15H12BrNO3S/c16-10-1-4-12(5-2-10)21-8-15(18)17-11-3-6-13-14(7-11)20-9-19-13/h1-7H,8-9H2,(H,17,18). The minimum Gasteiger partial charge on any atom is -0.454 e. The van der Waals surface area contributed by atoms with Gasteiger partial charge in [0.15, 0.2) is 11.5 Å². The predicted octanol–water partition coefficient (Wildman–Crippen LogP) is 3.91. The highest BCUT2D eigenvalue weighted by Gasteiger charge is 2.14. The van der Waals surface area contributed by atoms with Crippen molar-refractivity contribution in [2.45, 2.75) is 4.90 Å². The molecule has 1 amide bonds. The molecule has 0 bridgehead atoms. The Bertz CT molecular complexity index is 660. The molecule has 0 aliphatic carbocycles. The lowest BCUT2D eigenvalue weighted by molar-refractivity contribution is -0.113. The molecule has 0 fully saturated rings. The molecule has 6 heteroatoms. The first kappa shape index (κ1) is 14.3. The largest absolute Gasteiger partial charge is 0.454 e. The Labute approximate surface area is 135 Å². The summed E-state index contributed by atoms with van der Waals surface area (Å²) < 4.78 is 11.5. The molecule has 1 heterocycles. The SMILES string of the molecule is O=C(CSc1ccc(Br)cc1)Nc1ccc2c(c1)OCO2. The van der Waals surface area contributed by atoms with Crippen molar-refractivity contribution in [2.75, 3.05) is 17.9 Å². The van der Waals surface area contributed by atoms with Gasteiger partial charge in [-0.25, -0.2) is 0 Å². The van der Waals surface area contributed by atoms with Crippen molar-refractivity contribution in [1.29, 1.82) is 0 Å². The van der Waals surface area contributed by atoms with E-state index in [9.17, 15) is 4.79 Å². The Morgan fingerprint density at radius 1 is 1.14 bits per heavy atom. The minimum atomic E-state index is -0.0539. The van der Waals surface area contributed by atoms with Crippen molar-refractivity contribution in [1.82, 2.24) is 0 Å². The normalized spacial score (nSPS) is 12.2. The maximum atomic E-state index is 11.9. The van der Waals surface area contributed by atoms with Crippen molar-refractivity contribution in [2.24, 2.45) is 0 Å². The number of fused-ring (bicyclic) bond motifs is 1. The third-order valence-corrected chi connectivity index (χ3v) is 4.38. The number of amides is 1. The molecule has 0 spiro atoms. The summed E-state index contributed by atoms with van der Waals surface area (Å²) in [7, 11) is 0. The van der Waals surface area contributed by atoms with Crippen molar-refractivity contribution in [3.63, 3.8) is 0 Å². The van der Waals surface area contributed by atoms with Crippen LogP contribution >= 0.6 is 27.7 Å². The van der Waals surface area contributed by atoms with Gasteiger partial charge in [-0.3, -0.25) is 4.79 Å². The average molecular weight is 366 g/mol. The van der Waals surface area contributed by atoms with Crippen LogP contribution in [0.1, 0.15) is 0 Å². The summed E-state index contributed by atoms with van der Waals surface area (Å²) in [4.78, 5) is 13.0. The Morgan fingerprint density at radius 2 is 1.90 bits per heavy atom. The van der Waals surface area contributed by atoms with Gasteiger partial charge in [0.1, 0.15) is 0 Å². The van der Waals surface area contributed by atoms with E-state index in [0.717, 1.165) is 9.37 Å². The minimum absolute atomic E-state index is 0.0539. The van der Waals surface area contributed by atoms with Gasteiger partial charge in [0.25, 0.3) is 0 Å². The molecule has 2 aromatic rings. The monoisotopic (exact) mass is 365 g/mol. The number of benzene rings is 2. The van der Waals surface area contributed by atoms with Gasteiger partial charge in [0.05, 0.1) is 5.75 Å². The maximum Gasteiger partial charge on any atom is 0.234 e. The van der Waals surface area contributed by atoms with Crippen LogP contribution in [0, 0.1) is 0 Å². The zero-order chi connectivity index (χ0) is 14.7. The van der Waals surface area contributed by atoms with Crippen LogP contribution in [-0.4, -0.2) is 18.5 Å². The number of rotatable bonds is 4. The fraction of sp³-hybridized carbons (Fsp3) is 0.133. The predicted molar refractivity (Wildman–Crippen MR) is 86.1 cm³/mol. The van der Waals surface area contributed by atoms with Crippen LogP contribution < -0.4 is 14.8 Å². The maximum absolute atomic E-state index is 11.9. The number of hydrogen-bond acceptors (Lipinski definition) is 4. The topological polar surface area (TPSA) is 47.6 Å². The fourth-order valence-electron chi connectivity index (χ4n) is 1.85. The number of nitrogens with one attached hydrogen (secondary N) is 1. The number of anilines is 1. The lowest BCUT2D eigenvalue weighted by Crippen LogP contribution is -2.13. The van der Waals surface area contributed by atoms with Gasteiger partial charge in [-0.15, -0.1) is 11.8 Å². The van der Waals surface area contributed by atoms with E-state index >= 15 is 0 Å². The number of ether oxygens (including phenoxy) is 2. The highest BCUT2D eigenvalue weighted by molar-refractivity contribution is 9.10. The highest BCUT2D eigenvalue weighted by Crippen LogP contribution is 2.34. The number of carbonyl (C=O) groups excluding carboxylic acids is 1. The third-order valence-electron chi connectivity index (χ3n) is 2.84. The van der Waals surface area contributed by atoms with Crippen molar-refractivity contribution >= 4 is 39.3 Å². The van der Waals surface area contributed by atoms with Gasteiger partial charge in [0, 0.05) is 21.1 Å². The molecule has 2 aromatic carbocycles. The van der Waals surface area contributed by atoms with E-state index in [1.165, 1.54) is 11.8 Å². The van der Waals surface area contributed by atoms with Crippen LogP contribution in [0.3, 0.4) is 0 Å². The second-order valence-electron chi connectivity index (χ2n) is 4.36. The van der Waals surface area contributed by atoms with Gasteiger partial charge in [-0.1, -0.05) is 15.9 Å². The zero-order valence-electron chi connectivity index (χ0n) is 11.0. The molecular weight excluding hydrogens is 354 g/mol. The molecule has 0 saturated heterocycles. The van der Waals surface area contributed by atoms with Crippen LogP contribution in [0.15, 0.2) is 51.8 Å². The lowest BCUT2D eigenvalue weighted by Gasteiger charge is -2.06. The van der Waals surface area contributed by atoms with E-state index in [4.69, 9.17) is 9.47 Å². The van der Waals surface area contributed by atoms with Crippen LogP contribution in [0.4, 0.5) is 5.69 Å². The lowest BCUT2D eigenvalue weighted by atomic mass is 10.3. The summed E-state index contributed by atoms with van der Waals surface area (Å²) in [5.41, 5.74) is 0.709. The van der Waals surface area contributed by atoms with Crippen LogP contribution in [-0.2, 0) is 4.79 Å². The first-order valence-electron chi connectivity index (χ1n) is 6.28. The Hall–Kier alpha value is -1.66. The molecule has 0 aromatic heterocycles. The summed E-state index contributed by atoms with van der Waals surface area (Å²) in [5, 5.41) is 2.85. The molecule has 1 aliphatic heterocycles. The van der Waals surface area contributed by atoms with Crippen LogP contribution in [0.2, 0.25) is 0 Å². The second kappa shape index (κ2) is 6.41. The molecule has 1 N–H and O–H groups in total. The van der Waals surface area contributed by atoms with E-state index in [1.807, 2.05) is 24.3 Å². The third kappa shape index (κ3) is 3.71. The fourth-order valence-corrected chi connectivity index (χ4v) is 2.81. The van der Waals surface area contributed by atoms with E-state index < -0.39 is 0 Å². The van der Waals surface area contributed by atoms with E-state index in [-0.39, 0.29) is 12.7 Å². The molecule has 108 valence electrons. The molecule has 0 saturated carbocycles. The number of thioether (sulfide) groups is 1. The van der Waals surface area contributed by atoms with Crippen molar-refractivity contribution < 1.29 is 14.3 Å². The van der Waals surface area contributed by atoms with E-state index in [2.05, 4.69) is 21.2 Å². The molecule has 0 atom stereocenters. The molecular formula is C15H12BrNO3S. The molecule has 0 radical (unpaired) electrons. The quantitative estimate of drug-likeness (QED) is 0.834. The van der Waals surface area contributed by atoms with Gasteiger partial charge in [-0.05, 0) is 36.4 Å². The Kier molecular flexibility index (Phi) is 4.36. The summed E-state index contributed by atoms with van der Waals surface area (Å²) in [6.07, 6.45) is 0. The van der Waals surface area contributed by atoms with Crippen LogP contribution in [0.5, 0.6) is 11.5 Å². The smallest absolute Gasteiger partial charge is 0.234 e. The highest BCUT2D eigenvalue weighted by atomic mass is 79.9. The Morgan fingerprint density at radius 3 is 2.71 bits per heavy atom. The van der Waals surface area contributed by atoms with Crippen LogP contribution in [0.25, 0.3) is 0 Å². The summed E-state index contributed by atoms with van der Waals surface area (Å²) in [5.74, 6) is 1.67. The molecule has 21 heavy (non-hydrogen) atoms. The van der Waals surface area contributed by atoms with Gasteiger partial charge in [0.2, 0.25) is 12.7 Å². The van der Waals surface area contributed by atoms with E-state index in [0.29, 0.717) is 22.9 Å².